The minimum Gasteiger partial charge on any atom is -0.465 e. The summed E-state index contributed by atoms with van der Waals surface area (Å²) in [6.07, 6.45) is 2.39. The normalized spacial score (nSPS) is 12.6. The van der Waals surface area contributed by atoms with E-state index in [-0.39, 0.29) is 11.3 Å². The Bertz CT molecular complexity index is 1200. The molecular formula is C20H19ClN2O5S. The maximum atomic E-state index is 13.3. The minimum atomic E-state index is -3.81. The Hall–Kier alpha value is -2.84. The predicted octanol–water partition coefficient (Wildman–Crippen LogP) is 3.58. The Kier molecular flexibility index (Phi) is 5.68. The maximum absolute atomic E-state index is 13.3. The Morgan fingerprint density at radius 3 is 2.45 bits per heavy atom. The van der Waals surface area contributed by atoms with Crippen molar-refractivity contribution in [3.8, 4) is 0 Å². The minimum absolute atomic E-state index is 0.220. The van der Waals surface area contributed by atoms with Gasteiger partial charge in [-0.25, -0.2) is 13.2 Å². The molecular weight excluding hydrogens is 416 g/mol. The molecule has 0 spiro atoms. The van der Waals surface area contributed by atoms with Gasteiger partial charge in [0.05, 0.1) is 30.1 Å². The fraction of sp³-hybridized carbons (Fsp3) is 0.200. The second-order valence-corrected chi connectivity index (χ2v) is 8.77. The Morgan fingerprint density at radius 1 is 1.14 bits per heavy atom. The summed E-state index contributed by atoms with van der Waals surface area (Å²) >= 11 is 6.01. The molecule has 29 heavy (non-hydrogen) atoms. The van der Waals surface area contributed by atoms with Gasteiger partial charge in [0.25, 0.3) is 5.91 Å². The van der Waals surface area contributed by atoms with Crippen molar-refractivity contribution in [1.29, 1.82) is 0 Å². The zero-order chi connectivity index (χ0) is 21.3. The number of aromatic nitrogens is 1. The first-order valence-electron chi connectivity index (χ1n) is 8.62. The highest BCUT2D eigenvalue weighted by Crippen LogP contribution is 2.27. The van der Waals surface area contributed by atoms with Gasteiger partial charge in [0.15, 0.2) is 0 Å². The van der Waals surface area contributed by atoms with Crippen molar-refractivity contribution in [1.82, 2.24) is 4.57 Å². The summed E-state index contributed by atoms with van der Waals surface area (Å²) in [6, 6.07) is 12.0. The summed E-state index contributed by atoms with van der Waals surface area (Å²) in [5.41, 5.74) is 0.965. The van der Waals surface area contributed by atoms with E-state index in [1.807, 2.05) is 0 Å². The first-order chi connectivity index (χ1) is 13.6. The molecule has 0 aliphatic carbocycles. The van der Waals surface area contributed by atoms with Crippen LogP contribution in [0.15, 0.2) is 54.7 Å². The maximum Gasteiger partial charge on any atom is 0.340 e. The van der Waals surface area contributed by atoms with Crippen molar-refractivity contribution in [2.24, 2.45) is 0 Å². The molecule has 1 unspecified atom stereocenters. The SMILES string of the molecule is COC(=O)c1cn(C(=O)C(C)N(c2cccc(Cl)c2)S(C)(=O)=O)c2ccccc12. The molecule has 152 valence electrons. The number of para-hydroxylation sites is 1. The van der Waals surface area contributed by atoms with Gasteiger partial charge in [-0.1, -0.05) is 35.9 Å². The van der Waals surface area contributed by atoms with Gasteiger partial charge in [-0.15, -0.1) is 0 Å². The molecule has 0 saturated carbocycles. The fourth-order valence-corrected chi connectivity index (χ4v) is 4.60. The summed E-state index contributed by atoms with van der Waals surface area (Å²) in [6.45, 7) is 1.48. The Balaban J connectivity index is 2.13. The van der Waals surface area contributed by atoms with Crippen molar-refractivity contribution >= 4 is 50.1 Å². The monoisotopic (exact) mass is 434 g/mol. The molecule has 0 aliphatic rings. The molecule has 1 aromatic heterocycles. The van der Waals surface area contributed by atoms with Gasteiger partial charge in [0, 0.05) is 16.6 Å². The summed E-state index contributed by atoms with van der Waals surface area (Å²) in [4.78, 5) is 25.4. The van der Waals surface area contributed by atoms with Crippen LogP contribution in [-0.4, -0.2) is 44.3 Å². The lowest BCUT2D eigenvalue weighted by Crippen LogP contribution is -2.44. The molecule has 9 heteroatoms. The molecule has 2 aromatic carbocycles. The number of esters is 1. The standard InChI is InChI=1S/C20H19ClN2O5S/c1-13(23(29(3,26)27)15-8-6-7-14(21)11-15)19(24)22-12-17(20(25)28-2)16-9-4-5-10-18(16)22/h4-13H,1-3H3. The van der Waals surface area contributed by atoms with Crippen molar-refractivity contribution < 1.29 is 22.7 Å². The number of methoxy groups -OCH3 is 1. The molecule has 0 amide bonds. The van der Waals surface area contributed by atoms with Crippen LogP contribution in [0.25, 0.3) is 10.9 Å². The van der Waals surface area contributed by atoms with Crippen molar-refractivity contribution in [3.05, 3.63) is 65.3 Å². The van der Waals surface area contributed by atoms with Crippen LogP contribution in [-0.2, 0) is 14.8 Å². The largest absolute Gasteiger partial charge is 0.465 e. The number of nitrogens with zero attached hydrogens (tertiary/aromatic N) is 2. The van der Waals surface area contributed by atoms with E-state index in [1.165, 1.54) is 30.9 Å². The molecule has 1 atom stereocenters. The summed E-state index contributed by atoms with van der Waals surface area (Å²) < 4.78 is 32.1. The number of sulfonamides is 1. The molecule has 0 N–H and O–H groups in total. The van der Waals surface area contributed by atoms with Crippen LogP contribution in [0.4, 0.5) is 5.69 Å². The average Bonchev–Trinajstić information content (AvgIpc) is 3.05. The van der Waals surface area contributed by atoms with Gasteiger partial charge in [-0.05, 0) is 31.2 Å². The first kappa shape index (κ1) is 20.9. The topological polar surface area (TPSA) is 85.7 Å². The van der Waals surface area contributed by atoms with E-state index < -0.39 is 27.9 Å². The summed E-state index contributed by atoms with van der Waals surface area (Å²) in [5, 5.41) is 0.878. The van der Waals surface area contributed by atoms with E-state index in [1.54, 1.807) is 42.5 Å². The Morgan fingerprint density at radius 2 is 1.83 bits per heavy atom. The van der Waals surface area contributed by atoms with Crippen LogP contribution in [0, 0.1) is 0 Å². The second-order valence-electron chi connectivity index (χ2n) is 6.47. The number of anilines is 1. The quantitative estimate of drug-likeness (QED) is 0.573. The lowest BCUT2D eigenvalue weighted by atomic mass is 10.2. The van der Waals surface area contributed by atoms with Crippen molar-refractivity contribution in [2.45, 2.75) is 13.0 Å². The van der Waals surface area contributed by atoms with Crippen LogP contribution in [0.3, 0.4) is 0 Å². The lowest BCUT2D eigenvalue weighted by Gasteiger charge is -2.28. The number of ether oxygens (including phenoxy) is 1. The van der Waals surface area contributed by atoms with E-state index >= 15 is 0 Å². The molecule has 7 nitrogen and oxygen atoms in total. The molecule has 3 rings (SSSR count). The highest BCUT2D eigenvalue weighted by Gasteiger charge is 2.31. The van der Waals surface area contributed by atoms with Crippen LogP contribution >= 0.6 is 11.6 Å². The van der Waals surface area contributed by atoms with Gasteiger partial charge < -0.3 is 4.74 Å². The molecule has 0 fully saturated rings. The average molecular weight is 435 g/mol. The number of halogens is 1. The molecule has 1 heterocycles. The fourth-order valence-electron chi connectivity index (χ4n) is 3.25. The van der Waals surface area contributed by atoms with E-state index in [9.17, 15) is 18.0 Å². The van der Waals surface area contributed by atoms with E-state index in [0.29, 0.717) is 15.9 Å². The van der Waals surface area contributed by atoms with Gasteiger partial charge in [0.2, 0.25) is 10.0 Å². The smallest absolute Gasteiger partial charge is 0.340 e. The molecule has 0 radical (unpaired) electrons. The molecule has 0 saturated heterocycles. The third-order valence-corrected chi connectivity index (χ3v) is 5.96. The van der Waals surface area contributed by atoms with Gasteiger partial charge >= 0.3 is 5.97 Å². The molecule has 0 bridgehead atoms. The van der Waals surface area contributed by atoms with E-state index in [0.717, 1.165) is 10.6 Å². The number of fused-ring (bicyclic) bond motifs is 1. The van der Waals surface area contributed by atoms with Crippen LogP contribution in [0.5, 0.6) is 0 Å². The number of hydrogen-bond donors (Lipinski definition) is 0. The summed E-state index contributed by atoms with van der Waals surface area (Å²) in [7, 11) is -2.55. The first-order valence-corrected chi connectivity index (χ1v) is 10.9. The molecule has 3 aromatic rings. The van der Waals surface area contributed by atoms with Gasteiger partial charge in [-0.2, -0.15) is 0 Å². The third kappa shape index (κ3) is 3.99. The van der Waals surface area contributed by atoms with Gasteiger partial charge in [0.1, 0.15) is 6.04 Å². The second kappa shape index (κ2) is 7.88. The number of carbonyl (C=O) groups excluding carboxylic acids is 2. The molecule has 0 aliphatic heterocycles. The van der Waals surface area contributed by atoms with Crippen LogP contribution in [0.1, 0.15) is 22.1 Å². The highest BCUT2D eigenvalue weighted by atomic mass is 35.5. The van der Waals surface area contributed by atoms with Crippen molar-refractivity contribution in [2.75, 3.05) is 17.7 Å². The lowest BCUT2D eigenvalue weighted by molar-refractivity contribution is 0.0603. The van der Waals surface area contributed by atoms with Crippen LogP contribution < -0.4 is 4.31 Å². The third-order valence-electron chi connectivity index (χ3n) is 4.48. The number of carbonyl (C=O) groups is 2. The van der Waals surface area contributed by atoms with E-state index in [2.05, 4.69) is 0 Å². The van der Waals surface area contributed by atoms with Crippen molar-refractivity contribution in [3.63, 3.8) is 0 Å². The zero-order valence-electron chi connectivity index (χ0n) is 16.0. The predicted molar refractivity (Wildman–Crippen MR) is 112 cm³/mol. The summed E-state index contributed by atoms with van der Waals surface area (Å²) in [5.74, 6) is -1.11. The number of benzene rings is 2. The highest BCUT2D eigenvalue weighted by molar-refractivity contribution is 7.92. The van der Waals surface area contributed by atoms with Gasteiger partial charge in [-0.3, -0.25) is 13.7 Å². The van der Waals surface area contributed by atoms with E-state index in [4.69, 9.17) is 16.3 Å². The Labute approximate surface area is 173 Å². The number of rotatable bonds is 5. The zero-order valence-corrected chi connectivity index (χ0v) is 17.6. The number of hydrogen-bond acceptors (Lipinski definition) is 5. The van der Waals surface area contributed by atoms with Crippen LogP contribution in [0.2, 0.25) is 5.02 Å².